The first-order chi connectivity index (χ1) is 6.75. The van der Waals surface area contributed by atoms with Crippen LogP contribution in [0.15, 0.2) is 5.38 Å². The normalized spacial score (nSPS) is 24.0. The summed E-state index contributed by atoms with van der Waals surface area (Å²) in [6.07, 6.45) is 1.99. The van der Waals surface area contributed by atoms with Crippen LogP contribution in [0.5, 0.6) is 0 Å². The molecular weight excluding hydrogens is 196 g/mol. The van der Waals surface area contributed by atoms with Gasteiger partial charge in [-0.05, 0) is 19.3 Å². The minimum absolute atomic E-state index is 0.207. The number of nitrogens with zero attached hydrogens (tertiary/aromatic N) is 1. The predicted octanol–water partition coefficient (Wildman–Crippen LogP) is 1.36. The van der Waals surface area contributed by atoms with Gasteiger partial charge in [0.1, 0.15) is 0 Å². The van der Waals surface area contributed by atoms with Gasteiger partial charge in [-0.25, -0.2) is 4.98 Å². The maximum absolute atomic E-state index is 6.10. The summed E-state index contributed by atoms with van der Waals surface area (Å²) in [6, 6.07) is 0.207. The molecule has 3 nitrogen and oxygen atoms in total. The largest absolute Gasteiger partial charge is 0.381 e. The number of thiazole rings is 1. The van der Waals surface area contributed by atoms with E-state index in [9.17, 15) is 0 Å². The smallest absolute Gasteiger partial charge is 0.0897 e. The van der Waals surface area contributed by atoms with Crippen molar-refractivity contribution < 1.29 is 4.74 Å². The highest BCUT2D eigenvalue weighted by Crippen LogP contribution is 2.19. The summed E-state index contributed by atoms with van der Waals surface area (Å²) in [7, 11) is 0. The maximum atomic E-state index is 6.10. The van der Waals surface area contributed by atoms with E-state index in [1.165, 1.54) is 0 Å². The summed E-state index contributed by atoms with van der Waals surface area (Å²) in [5, 5.41) is 3.22. The first-order valence-corrected chi connectivity index (χ1v) is 5.88. The Bertz CT molecular complexity index is 294. The molecule has 1 aliphatic heterocycles. The second-order valence-corrected chi connectivity index (χ2v) is 4.91. The van der Waals surface area contributed by atoms with Gasteiger partial charge in [-0.15, -0.1) is 11.3 Å². The highest BCUT2D eigenvalue weighted by molar-refractivity contribution is 7.09. The van der Waals surface area contributed by atoms with Gasteiger partial charge in [0.25, 0.3) is 0 Å². The Morgan fingerprint density at radius 2 is 2.64 bits per heavy atom. The molecule has 0 radical (unpaired) electrons. The lowest BCUT2D eigenvalue weighted by Crippen LogP contribution is -2.32. The van der Waals surface area contributed by atoms with Gasteiger partial charge >= 0.3 is 0 Å². The lowest BCUT2D eigenvalue weighted by atomic mass is 9.96. The van der Waals surface area contributed by atoms with Gasteiger partial charge in [0.05, 0.1) is 17.3 Å². The maximum Gasteiger partial charge on any atom is 0.0897 e. The Morgan fingerprint density at radius 3 is 3.21 bits per heavy atom. The average Bonchev–Trinajstić information content (AvgIpc) is 2.75. The van der Waals surface area contributed by atoms with Crippen LogP contribution in [-0.2, 0) is 11.2 Å². The van der Waals surface area contributed by atoms with Crippen molar-refractivity contribution in [2.75, 3.05) is 13.2 Å². The average molecular weight is 212 g/mol. The molecule has 2 atom stereocenters. The lowest BCUT2D eigenvalue weighted by molar-refractivity contribution is 0.180. The topological polar surface area (TPSA) is 48.1 Å². The van der Waals surface area contributed by atoms with Crippen LogP contribution in [-0.4, -0.2) is 24.2 Å². The van der Waals surface area contributed by atoms with E-state index < -0.39 is 0 Å². The molecule has 0 aromatic carbocycles. The molecule has 2 rings (SSSR count). The van der Waals surface area contributed by atoms with E-state index in [1.54, 1.807) is 11.3 Å². The van der Waals surface area contributed by atoms with Gasteiger partial charge in [0.2, 0.25) is 0 Å². The molecule has 14 heavy (non-hydrogen) atoms. The van der Waals surface area contributed by atoms with Crippen LogP contribution in [0.3, 0.4) is 0 Å². The van der Waals surface area contributed by atoms with Crippen molar-refractivity contribution in [2.24, 2.45) is 11.7 Å². The number of hydrogen-bond acceptors (Lipinski definition) is 4. The summed E-state index contributed by atoms with van der Waals surface area (Å²) in [5.74, 6) is 0.525. The molecule has 0 saturated carbocycles. The second-order valence-electron chi connectivity index (χ2n) is 3.85. The zero-order valence-corrected chi connectivity index (χ0v) is 9.22. The zero-order valence-electron chi connectivity index (χ0n) is 8.40. The molecule has 1 aliphatic rings. The predicted molar refractivity (Wildman–Crippen MR) is 57.5 cm³/mol. The van der Waals surface area contributed by atoms with Crippen molar-refractivity contribution in [3.8, 4) is 0 Å². The van der Waals surface area contributed by atoms with Crippen molar-refractivity contribution in [3.63, 3.8) is 0 Å². The summed E-state index contributed by atoms with van der Waals surface area (Å²) in [6.45, 7) is 3.72. The molecule has 0 spiro atoms. The van der Waals surface area contributed by atoms with Crippen molar-refractivity contribution in [1.29, 1.82) is 0 Å². The monoisotopic (exact) mass is 212 g/mol. The molecular formula is C10H16N2OS. The molecule has 1 saturated heterocycles. The molecule has 2 heterocycles. The van der Waals surface area contributed by atoms with Crippen molar-refractivity contribution in [3.05, 3.63) is 16.1 Å². The Morgan fingerprint density at radius 1 is 1.79 bits per heavy atom. The summed E-state index contributed by atoms with van der Waals surface area (Å²) in [5.41, 5.74) is 7.24. The van der Waals surface area contributed by atoms with Crippen molar-refractivity contribution in [2.45, 2.75) is 25.8 Å². The first-order valence-electron chi connectivity index (χ1n) is 5.00. The third-order valence-corrected chi connectivity index (χ3v) is 3.50. The molecule has 2 unspecified atom stereocenters. The van der Waals surface area contributed by atoms with Crippen LogP contribution >= 0.6 is 11.3 Å². The Labute approximate surface area is 88.3 Å². The van der Waals surface area contributed by atoms with Gasteiger partial charge in [-0.2, -0.15) is 0 Å². The van der Waals surface area contributed by atoms with Gasteiger partial charge in [-0.3, -0.25) is 0 Å². The highest BCUT2D eigenvalue weighted by atomic mass is 32.1. The standard InChI is InChI=1S/C10H16N2OS/c1-7-12-9(6-14-7)4-10(11)8-2-3-13-5-8/h6,8,10H,2-5,11H2,1H3. The van der Waals surface area contributed by atoms with Gasteiger partial charge in [0.15, 0.2) is 0 Å². The fourth-order valence-electron chi connectivity index (χ4n) is 1.80. The van der Waals surface area contributed by atoms with E-state index in [4.69, 9.17) is 10.5 Å². The van der Waals surface area contributed by atoms with Crippen molar-refractivity contribution in [1.82, 2.24) is 4.98 Å². The van der Waals surface area contributed by atoms with Crippen LogP contribution in [0.2, 0.25) is 0 Å². The number of nitrogens with two attached hydrogens (primary N) is 1. The minimum atomic E-state index is 0.207. The third-order valence-electron chi connectivity index (χ3n) is 2.68. The number of ether oxygens (including phenoxy) is 1. The van der Waals surface area contributed by atoms with Crippen LogP contribution in [0.25, 0.3) is 0 Å². The molecule has 78 valence electrons. The molecule has 1 aromatic rings. The fourth-order valence-corrected chi connectivity index (χ4v) is 2.43. The number of aromatic nitrogens is 1. The van der Waals surface area contributed by atoms with Crippen LogP contribution in [0.1, 0.15) is 17.1 Å². The van der Waals surface area contributed by atoms with Gasteiger partial charge in [-0.1, -0.05) is 0 Å². The number of hydrogen-bond donors (Lipinski definition) is 1. The van der Waals surface area contributed by atoms with Crippen molar-refractivity contribution >= 4 is 11.3 Å². The van der Waals surface area contributed by atoms with E-state index in [0.29, 0.717) is 5.92 Å². The summed E-state index contributed by atoms with van der Waals surface area (Å²) in [4.78, 5) is 4.42. The molecule has 0 bridgehead atoms. The third kappa shape index (κ3) is 2.32. The number of aryl methyl sites for hydroxylation is 1. The van der Waals surface area contributed by atoms with E-state index in [2.05, 4.69) is 10.4 Å². The molecule has 2 N–H and O–H groups in total. The first kappa shape index (κ1) is 10.1. The molecule has 0 aliphatic carbocycles. The van der Waals surface area contributed by atoms with E-state index in [-0.39, 0.29) is 6.04 Å². The Hall–Kier alpha value is -0.450. The van der Waals surface area contributed by atoms with E-state index in [0.717, 1.165) is 36.8 Å². The Kier molecular flexibility index (Phi) is 3.15. The van der Waals surface area contributed by atoms with E-state index in [1.807, 2.05) is 6.92 Å². The Balaban J connectivity index is 1.90. The molecule has 1 fully saturated rings. The van der Waals surface area contributed by atoms with Crippen LogP contribution in [0, 0.1) is 12.8 Å². The quantitative estimate of drug-likeness (QED) is 0.823. The zero-order chi connectivity index (χ0) is 9.97. The lowest BCUT2D eigenvalue weighted by Gasteiger charge is -2.15. The number of rotatable bonds is 3. The molecule has 0 amide bonds. The van der Waals surface area contributed by atoms with Gasteiger partial charge in [0, 0.05) is 24.4 Å². The van der Waals surface area contributed by atoms with E-state index >= 15 is 0 Å². The summed E-state index contributed by atoms with van der Waals surface area (Å²) < 4.78 is 5.32. The second kappa shape index (κ2) is 4.38. The molecule has 1 aromatic heterocycles. The minimum Gasteiger partial charge on any atom is -0.381 e. The van der Waals surface area contributed by atoms with Crippen LogP contribution in [0.4, 0.5) is 0 Å². The van der Waals surface area contributed by atoms with Gasteiger partial charge < -0.3 is 10.5 Å². The fraction of sp³-hybridized carbons (Fsp3) is 0.700. The van der Waals surface area contributed by atoms with Crippen LogP contribution < -0.4 is 5.73 Å². The summed E-state index contributed by atoms with van der Waals surface area (Å²) >= 11 is 1.69. The molecule has 4 heteroatoms. The SMILES string of the molecule is Cc1nc(CC(N)C2CCOC2)cs1. The highest BCUT2D eigenvalue weighted by Gasteiger charge is 2.23.